The van der Waals surface area contributed by atoms with Crippen LogP contribution >= 0.6 is 0 Å². The molecule has 2 fully saturated rings. The average Bonchev–Trinajstić information content (AvgIpc) is 2.62. The molecule has 0 heterocycles. The lowest BCUT2D eigenvalue weighted by Crippen LogP contribution is -2.46. The maximum absolute atomic E-state index is 10.4. The van der Waals surface area contributed by atoms with Gasteiger partial charge in [-0.25, -0.2) is 0 Å². The third-order valence-electron chi connectivity index (χ3n) is 4.34. The van der Waals surface area contributed by atoms with Gasteiger partial charge in [0.2, 0.25) is 0 Å². The highest BCUT2D eigenvalue weighted by Gasteiger charge is 2.31. The van der Waals surface area contributed by atoms with E-state index in [0.717, 1.165) is 25.3 Å². The first-order chi connectivity index (χ1) is 7.20. The summed E-state index contributed by atoms with van der Waals surface area (Å²) in [6.07, 6.45) is 9.74. The number of rotatable bonds is 3. The molecule has 0 unspecified atom stereocenters. The summed E-state index contributed by atoms with van der Waals surface area (Å²) >= 11 is 0. The third kappa shape index (κ3) is 2.94. The van der Waals surface area contributed by atoms with Crippen LogP contribution in [0.2, 0.25) is 0 Å². The van der Waals surface area contributed by atoms with Gasteiger partial charge in [0.05, 0.1) is 5.60 Å². The van der Waals surface area contributed by atoms with Crippen molar-refractivity contribution >= 4 is 0 Å². The largest absolute Gasteiger partial charge is 0.389 e. The van der Waals surface area contributed by atoms with Gasteiger partial charge in [0.25, 0.3) is 0 Å². The summed E-state index contributed by atoms with van der Waals surface area (Å²) in [6, 6.07) is 0.663. The smallest absolute Gasteiger partial charge is 0.0771 e. The molecule has 0 radical (unpaired) electrons. The van der Waals surface area contributed by atoms with Crippen molar-refractivity contribution in [3.8, 4) is 0 Å². The van der Waals surface area contributed by atoms with Crippen molar-refractivity contribution in [3.05, 3.63) is 0 Å². The SMILES string of the molecule is C[C@H]1CCC[C@@H]1NCC1(O)CCCCC1. The minimum Gasteiger partial charge on any atom is -0.389 e. The van der Waals surface area contributed by atoms with E-state index in [2.05, 4.69) is 12.2 Å². The average molecular weight is 211 g/mol. The number of hydrogen-bond donors (Lipinski definition) is 2. The second-order valence-electron chi connectivity index (χ2n) is 5.68. The van der Waals surface area contributed by atoms with E-state index in [9.17, 15) is 5.11 Å². The fourth-order valence-corrected chi connectivity index (χ4v) is 3.16. The van der Waals surface area contributed by atoms with Gasteiger partial charge >= 0.3 is 0 Å². The lowest BCUT2D eigenvalue weighted by molar-refractivity contribution is 0.00187. The van der Waals surface area contributed by atoms with Crippen LogP contribution in [-0.4, -0.2) is 23.3 Å². The Hall–Kier alpha value is -0.0800. The molecule has 0 amide bonds. The van der Waals surface area contributed by atoms with Gasteiger partial charge in [0.15, 0.2) is 0 Å². The van der Waals surface area contributed by atoms with Crippen molar-refractivity contribution in [2.45, 2.75) is 69.9 Å². The Morgan fingerprint density at radius 3 is 2.47 bits per heavy atom. The second-order valence-corrected chi connectivity index (χ2v) is 5.68. The van der Waals surface area contributed by atoms with Crippen molar-refractivity contribution < 1.29 is 5.11 Å². The zero-order valence-electron chi connectivity index (χ0n) is 9.97. The number of nitrogens with one attached hydrogen (secondary N) is 1. The maximum atomic E-state index is 10.4. The molecule has 15 heavy (non-hydrogen) atoms. The molecule has 2 heteroatoms. The van der Waals surface area contributed by atoms with Crippen LogP contribution in [0.1, 0.15) is 58.3 Å². The normalized spacial score (nSPS) is 35.6. The van der Waals surface area contributed by atoms with E-state index in [1.54, 1.807) is 0 Å². The molecular weight excluding hydrogens is 186 g/mol. The van der Waals surface area contributed by atoms with Crippen LogP contribution in [-0.2, 0) is 0 Å². The molecule has 0 aliphatic heterocycles. The highest BCUT2D eigenvalue weighted by molar-refractivity contribution is 4.88. The third-order valence-corrected chi connectivity index (χ3v) is 4.34. The Balaban J connectivity index is 1.76. The van der Waals surface area contributed by atoms with E-state index >= 15 is 0 Å². The lowest BCUT2D eigenvalue weighted by Gasteiger charge is -2.34. The monoisotopic (exact) mass is 211 g/mol. The molecule has 88 valence electrons. The van der Waals surface area contributed by atoms with E-state index in [1.807, 2.05) is 0 Å². The Morgan fingerprint density at radius 1 is 1.13 bits per heavy atom. The molecule has 0 aromatic rings. The van der Waals surface area contributed by atoms with Crippen molar-refractivity contribution in [2.24, 2.45) is 5.92 Å². The van der Waals surface area contributed by atoms with Gasteiger partial charge in [-0.3, -0.25) is 0 Å². The molecule has 2 aliphatic rings. The Labute approximate surface area is 93.5 Å². The van der Waals surface area contributed by atoms with E-state index in [0.29, 0.717) is 6.04 Å². The van der Waals surface area contributed by atoms with Crippen molar-refractivity contribution in [2.75, 3.05) is 6.54 Å². The number of hydrogen-bond acceptors (Lipinski definition) is 2. The minimum atomic E-state index is -0.388. The van der Waals surface area contributed by atoms with Gasteiger partial charge in [0.1, 0.15) is 0 Å². The fraction of sp³-hybridized carbons (Fsp3) is 1.00. The van der Waals surface area contributed by atoms with E-state index in [-0.39, 0.29) is 5.60 Å². The topological polar surface area (TPSA) is 32.3 Å². The molecule has 2 nitrogen and oxygen atoms in total. The van der Waals surface area contributed by atoms with Crippen LogP contribution in [0.4, 0.5) is 0 Å². The van der Waals surface area contributed by atoms with Crippen LogP contribution in [0.3, 0.4) is 0 Å². The summed E-state index contributed by atoms with van der Waals surface area (Å²) in [4.78, 5) is 0. The highest BCUT2D eigenvalue weighted by Crippen LogP contribution is 2.29. The van der Waals surface area contributed by atoms with Crippen molar-refractivity contribution in [1.82, 2.24) is 5.32 Å². The van der Waals surface area contributed by atoms with E-state index < -0.39 is 0 Å². The molecule has 2 aliphatic carbocycles. The van der Waals surface area contributed by atoms with E-state index in [4.69, 9.17) is 0 Å². The Morgan fingerprint density at radius 2 is 1.87 bits per heavy atom. The fourth-order valence-electron chi connectivity index (χ4n) is 3.16. The summed E-state index contributed by atoms with van der Waals surface area (Å²) < 4.78 is 0. The molecule has 0 saturated heterocycles. The molecule has 0 aromatic carbocycles. The lowest BCUT2D eigenvalue weighted by atomic mass is 9.84. The first-order valence-electron chi connectivity index (χ1n) is 6.65. The summed E-state index contributed by atoms with van der Waals surface area (Å²) in [5, 5.41) is 13.9. The summed E-state index contributed by atoms with van der Waals surface area (Å²) in [6.45, 7) is 3.15. The summed E-state index contributed by atoms with van der Waals surface area (Å²) in [5.41, 5.74) is -0.388. The number of aliphatic hydroxyl groups is 1. The molecule has 2 atom stereocenters. The van der Waals surface area contributed by atoms with Crippen molar-refractivity contribution in [1.29, 1.82) is 0 Å². The summed E-state index contributed by atoms with van der Waals surface area (Å²) in [5.74, 6) is 0.803. The second kappa shape index (κ2) is 4.84. The predicted octanol–water partition coefficient (Wildman–Crippen LogP) is 2.46. The van der Waals surface area contributed by atoms with Gasteiger partial charge in [-0.05, 0) is 31.6 Å². The van der Waals surface area contributed by atoms with Gasteiger partial charge in [0, 0.05) is 12.6 Å². The molecular formula is C13H25NO. The Bertz CT molecular complexity index is 199. The van der Waals surface area contributed by atoms with Gasteiger partial charge in [-0.15, -0.1) is 0 Å². The first kappa shape index (κ1) is 11.4. The Kier molecular flexibility index (Phi) is 3.68. The van der Waals surface area contributed by atoms with Crippen LogP contribution in [0.15, 0.2) is 0 Å². The highest BCUT2D eigenvalue weighted by atomic mass is 16.3. The molecule has 0 aromatic heterocycles. The van der Waals surface area contributed by atoms with Gasteiger partial charge in [-0.1, -0.05) is 32.6 Å². The molecule has 2 rings (SSSR count). The first-order valence-corrected chi connectivity index (χ1v) is 6.65. The standard InChI is InChI=1S/C13H25NO/c1-11-6-5-7-12(11)14-10-13(15)8-3-2-4-9-13/h11-12,14-15H,2-10H2,1H3/t11-,12-/m0/s1. The summed E-state index contributed by atoms with van der Waals surface area (Å²) in [7, 11) is 0. The van der Waals surface area contributed by atoms with Crippen LogP contribution < -0.4 is 5.32 Å². The zero-order valence-corrected chi connectivity index (χ0v) is 9.97. The zero-order chi connectivity index (χ0) is 10.7. The maximum Gasteiger partial charge on any atom is 0.0771 e. The van der Waals surface area contributed by atoms with Crippen molar-refractivity contribution in [3.63, 3.8) is 0 Å². The van der Waals surface area contributed by atoms with Crippen LogP contribution in [0.25, 0.3) is 0 Å². The molecule has 0 bridgehead atoms. The molecule has 2 saturated carbocycles. The quantitative estimate of drug-likeness (QED) is 0.751. The minimum absolute atomic E-state index is 0.388. The van der Waals surface area contributed by atoms with Crippen LogP contribution in [0.5, 0.6) is 0 Å². The van der Waals surface area contributed by atoms with E-state index in [1.165, 1.54) is 38.5 Å². The van der Waals surface area contributed by atoms with Crippen LogP contribution in [0, 0.1) is 5.92 Å². The van der Waals surface area contributed by atoms with Gasteiger partial charge < -0.3 is 10.4 Å². The molecule has 0 spiro atoms. The van der Waals surface area contributed by atoms with Gasteiger partial charge in [-0.2, -0.15) is 0 Å². The predicted molar refractivity (Wildman–Crippen MR) is 62.8 cm³/mol. The molecule has 2 N–H and O–H groups in total.